The molecule has 0 unspecified atom stereocenters. The second-order valence-corrected chi connectivity index (χ2v) is 6.86. The number of amides is 1. The monoisotopic (exact) mass is 433 g/mol. The summed E-state index contributed by atoms with van der Waals surface area (Å²) in [6.07, 6.45) is 4.24. The Morgan fingerprint density at radius 1 is 1.00 bits per heavy atom. The number of hydrogen-bond acceptors (Lipinski definition) is 6. The van der Waals surface area contributed by atoms with Gasteiger partial charge in [-0.25, -0.2) is 4.39 Å². The minimum atomic E-state index is -0.453. The molecule has 0 saturated carbocycles. The number of hydrogen-bond donors (Lipinski definition) is 1. The number of halogens is 1. The minimum Gasteiger partial charge on any atom is -0.493 e. The fourth-order valence-corrected chi connectivity index (χ4v) is 3.20. The number of carbonyl (C=O) groups is 1. The summed E-state index contributed by atoms with van der Waals surface area (Å²) in [7, 11) is 3.12. The van der Waals surface area contributed by atoms with Gasteiger partial charge in [-0.2, -0.15) is 0 Å². The van der Waals surface area contributed by atoms with E-state index in [0.717, 1.165) is 11.6 Å². The molecule has 1 amide bonds. The number of nitrogens with zero attached hydrogens (tertiary/aromatic N) is 2. The average molecular weight is 433 g/mol. The first-order chi connectivity index (χ1) is 15.6. The fourth-order valence-electron chi connectivity index (χ4n) is 3.20. The van der Waals surface area contributed by atoms with E-state index < -0.39 is 5.82 Å². The van der Waals surface area contributed by atoms with Crippen molar-refractivity contribution in [2.45, 2.75) is 6.54 Å². The van der Waals surface area contributed by atoms with Crippen LogP contribution in [0.25, 0.3) is 10.9 Å². The van der Waals surface area contributed by atoms with Gasteiger partial charge >= 0.3 is 0 Å². The maximum atomic E-state index is 13.3. The first-order valence-corrected chi connectivity index (χ1v) is 9.73. The molecule has 1 N–H and O–H groups in total. The maximum Gasteiger partial charge on any atom is 0.251 e. The van der Waals surface area contributed by atoms with Crippen molar-refractivity contribution in [1.82, 2.24) is 15.3 Å². The van der Waals surface area contributed by atoms with Gasteiger partial charge in [0.15, 0.2) is 11.5 Å². The van der Waals surface area contributed by atoms with E-state index in [9.17, 15) is 9.18 Å². The highest BCUT2D eigenvalue weighted by Crippen LogP contribution is 2.36. The van der Waals surface area contributed by atoms with Crippen LogP contribution >= 0.6 is 0 Å². The lowest BCUT2D eigenvalue weighted by atomic mass is 10.1. The Bertz CT molecular complexity index is 1280. The lowest BCUT2D eigenvalue weighted by molar-refractivity contribution is 0.0950. The Kier molecular flexibility index (Phi) is 6.12. The quantitative estimate of drug-likeness (QED) is 0.462. The van der Waals surface area contributed by atoms with Gasteiger partial charge in [-0.3, -0.25) is 14.8 Å². The van der Waals surface area contributed by atoms with Crippen LogP contribution in [-0.4, -0.2) is 30.1 Å². The Morgan fingerprint density at radius 2 is 1.81 bits per heavy atom. The van der Waals surface area contributed by atoms with E-state index in [-0.39, 0.29) is 12.5 Å². The molecule has 0 radical (unpaired) electrons. The molecule has 0 bridgehead atoms. The average Bonchev–Trinajstić information content (AvgIpc) is 2.82. The zero-order chi connectivity index (χ0) is 22.5. The van der Waals surface area contributed by atoms with Crippen LogP contribution in [0.5, 0.6) is 23.0 Å². The van der Waals surface area contributed by atoms with E-state index >= 15 is 0 Å². The van der Waals surface area contributed by atoms with E-state index in [4.69, 9.17) is 14.2 Å². The van der Waals surface area contributed by atoms with Crippen LogP contribution in [0.3, 0.4) is 0 Å². The zero-order valence-electron chi connectivity index (χ0n) is 17.5. The molecule has 0 aliphatic heterocycles. The topological polar surface area (TPSA) is 82.6 Å². The van der Waals surface area contributed by atoms with Crippen molar-refractivity contribution < 1.29 is 23.4 Å². The molecule has 2 aromatic heterocycles. The summed E-state index contributed by atoms with van der Waals surface area (Å²) in [5.41, 5.74) is 1.65. The van der Waals surface area contributed by atoms with Crippen LogP contribution in [0.1, 0.15) is 15.9 Å². The smallest absolute Gasteiger partial charge is 0.251 e. The van der Waals surface area contributed by atoms with Gasteiger partial charge in [0, 0.05) is 36.0 Å². The van der Waals surface area contributed by atoms with Gasteiger partial charge in [0.25, 0.3) is 5.91 Å². The van der Waals surface area contributed by atoms with Crippen LogP contribution in [-0.2, 0) is 6.54 Å². The predicted molar refractivity (Wildman–Crippen MR) is 117 cm³/mol. The van der Waals surface area contributed by atoms with Crippen LogP contribution in [0, 0.1) is 5.82 Å². The van der Waals surface area contributed by atoms with Gasteiger partial charge in [0.1, 0.15) is 17.3 Å². The summed E-state index contributed by atoms with van der Waals surface area (Å²) in [4.78, 5) is 20.7. The molecule has 162 valence electrons. The number of aromatic nitrogens is 2. The Balaban J connectivity index is 1.55. The number of pyridine rings is 2. The van der Waals surface area contributed by atoms with E-state index in [1.54, 1.807) is 62.9 Å². The lowest BCUT2D eigenvalue weighted by Gasteiger charge is -2.13. The Hall–Kier alpha value is -4.20. The summed E-state index contributed by atoms with van der Waals surface area (Å²) in [5, 5.41) is 3.48. The molecule has 0 aliphatic rings. The summed E-state index contributed by atoms with van der Waals surface area (Å²) >= 11 is 0. The molecular formula is C24H20FN3O4. The molecular weight excluding hydrogens is 413 g/mol. The molecule has 2 aromatic carbocycles. The molecule has 0 atom stereocenters. The first kappa shape index (κ1) is 21.0. The standard InChI is InChI=1S/C24H20FN3O4/c1-30-22-10-19-20(11-23(22)31-2)27-7-6-21(19)32-18-5-3-4-16(9-18)24(29)28-13-15-8-17(25)14-26-12-15/h3-12,14H,13H2,1-2H3,(H,28,29). The number of carbonyl (C=O) groups excluding carboxylic acids is 1. The second kappa shape index (κ2) is 9.30. The number of methoxy groups -OCH3 is 2. The molecule has 32 heavy (non-hydrogen) atoms. The molecule has 0 fully saturated rings. The van der Waals surface area contributed by atoms with Gasteiger partial charge in [-0.1, -0.05) is 6.07 Å². The highest BCUT2D eigenvalue weighted by atomic mass is 19.1. The third-order valence-electron chi connectivity index (χ3n) is 4.75. The highest BCUT2D eigenvalue weighted by Gasteiger charge is 2.12. The predicted octanol–water partition coefficient (Wildman–Crippen LogP) is 4.51. The van der Waals surface area contributed by atoms with Crippen molar-refractivity contribution in [1.29, 1.82) is 0 Å². The van der Waals surface area contributed by atoms with Gasteiger partial charge in [-0.05, 0) is 42.0 Å². The minimum absolute atomic E-state index is 0.158. The Labute approximate surface area is 183 Å². The van der Waals surface area contributed by atoms with Gasteiger partial charge in [-0.15, -0.1) is 0 Å². The molecule has 2 heterocycles. The first-order valence-electron chi connectivity index (χ1n) is 9.73. The normalized spacial score (nSPS) is 10.6. The zero-order valence-corrected chi connectivity index (χ0v) is 17.5. The van der Waals surface area contributed by atoms with E-state index in [1.807, 2.05) is 0 Å². The van der Waals surface area contributed by atoms with E-state index in [0.29, 0.717) is 39.6 Å². The number of nitrogens with one attached hydrogen (secondary N) is 1. The van der Waals surface area contributed by atoms with Gasteiger partial charge in [0.05, 0.1) is 25.9 Å². The third-order valence-corrected chi connectivity index (χ3v) is 4.75. The number of ether oxygens (including phenoxy) is 3. The lowest BCUT2D eigenvalue weighted by Crippen LogP contribution is -2.22. The highest BCUT2D eigenvalue weighted by molar-refractivity contribution is 5.94. The van der Waals surface area contributed by atoms with Crippen LogP contribution < -0.4 is 19.5 Å². The van der Waals surface area contributed by atoms with Gasteiger partial charge in [0.2, 0.25) is 0 Å². The van der Waals surface area contributed by atoms with Crippen molar-refractivity contribution in [2.75, 3.05) is 14.2 Å². The molecule has 8 heteroatoms. The van der Waals surface area contributed by atoms with Crippen molar-refractivity contribution >= 4 is 16.8 Å². The fraction of sp³-hybridized carbons (Fsp3) is 0.125. The van der Waals surface area contributed by atoms with E-state index in [1.165, 1.54) is 12.3 Å². The molecule has 0 saturated heterocycles. The van der Waals surface area contributed by atoms with Crippen LogP contribution in [0.2, 0.25) is 0 Å². The molecule has 4 rings (SSSR count). The summed E-state index contributed by atoms with van der Waals surface area (Å²) in [6, 6.07) is 13.4. The number of fused-ring (bicyclic) bond motifs is 1. The third kappa shape index (κ3) is 4.59. The molecule has 0 spiro atoms. The Morgan fingerprint density at radius 3 is 2.59 bits per heavy atom. The maximum absolute atomic E-state index is 13.3. The summed E-state index contributed by atoms with van der Waals surface area (Å²) in [6.45, 7) is 0.158. The van der Waals surface area contributed by atoms with Crippen molar-refractivity contribution in [2.24, 2.45) is 0 Å². The largest absolute Gasteiger partial charge is 0.493 e. The summed E-state index contributed by atoms with van der Waals surface area (Å²) < 4.78 is 30.0. The van der Waals surface area contributed by atoms with Crippen molar-refractivity contribution in [3.05, 3.63) is 84.1 Å². The van der Waals surface area contributed by atoms with Crippen LogP contribution in [0.15, 0.2) is 67.1 Å². The van der Waals surface area contributed by atoms with Crippen molar-refractivity contribution in [3.8, 4) is 23.0 Å². The van der Waals surface area contributed by atoms with Crippen molar-refractivity contribution in [3.63, 3.8) is 0 Å². The second-order valence-electron chi connectivity index (χ2n) is 6.86. The molecule has 4 aromatic rings. The number of benzene rings is 2. The van der Waals surface area contributed by atoms with Crippen LogP contribution in [0.4, 0.5) is 4.39 Å². The van der Waals surface area contributed by atoms with Gasteiger partial charge < -0.3 is 19.5 Å². The molecule has 0 aliphatic carbocycles. The van der Waals surface area contributed by atoms with E-state index in [2.05, 4.69) is 15.3 Å². The summed E-state index contributed by atoms with van der Waals surface area (Å²) in [5.74, 6) is 1.39. The SMILES string of the molecule is COc1cc2nccc(Oc3cccc(C(=O)NCc4cncc(F)c4)c3)c2cc1OC. The number of rotatable bonds is 7. The molecule has 7 nitrogen and oxygen atoms in total.